The fourth-order valence-electron chi connectivity index (χ4n) is 1.33. The second-order valence-electron chi connectivity index (χ2n) is 3.25. The normalized spacial score (nSPS) is 18.1. The van der Waals surface area contributed by atoms with Gasteiger partial charge in [-0.05, 0) is 6.08 Å². The summed E-state index contributed by atoms with van der Waals surface area (Å²) in [6, 6.07) is 0. The fourth-order valence-corrected chi connectivity index (χ4v) is 1.33. The molecule has 78 valence electrons. The van der Waals surface area contributed by atoms with E-state index in [1.807, 2.05) is 4.90 Å². The molecule has 4 heteroatoms. The summed E-state index contributed by atoms with van der Waals surface area (Å²) in [6.07, 6.45) is 1.20. The maximum atomic E-state index is 13.4. The van der Waals surface area contributed by atoms with E-state index in [9.17, 15) is 4.39 Å². The molecule has 1 aliphatic rings. The first-order chi connectivity index (χ1) is 6.61. The lowest BCUT2D eigenvalue weighted by atomic mass is 10.2. The van der Waals surface area contributed by atoms with Crippen LogP contribution in [0.25, 0.3) is 0 Å². The van der Waals surface area contributed by atoms with Gasteiger partial charge in [0.25, 0.3) is 0 Å². The molecule has 14 heavy (non-hydrogen) atoms. The molecular weight excluding hydrogens is 181 g/mol. The smallest absolute Gasteiger partial charge is 0.147 e. The minimum absolute atomic E-state index is 0.207. The molecule has 0 bridgehead atoms. The van der Waals surface area contributed by atoms with Crippen molar-refractivity contribution in [3.05, 3.63) is 36.5 Å². The van der Waals surface area contributed by atoms with Crippen LogP contribution < -0.4 is 11.1 Å². The standard InChI is InChI=1S/C10H16FN3/c1-8(12)7-10(11)9(2)14-5-3-13-4-6-14/h7,13H,1-6,12H2/b10-7+. The Balaban J connectivity index is 2.59. The molecule has 0 amide bonds. The second kappa shape index (κ2) is 4.81. The van der Waals surface area contributed by atoms with E-state index < -0.39 is 5.83 Å². The quantitative estimate of drug-likeness (QED) is 0.655. The summed E-state index contributed by atoms with van der Waals surface area (Å²) >= 11 is 0. The van der Waals surface area contributed by atoms with E-state index in [0.717, 1.165) is 26.2 Å². The van der Waals surface area contributed by atoms with Gasteiger partial charge in [0.1, 0.15) is 5.83 Å². The first kappa shape index (κ1) is 10.8. The van der Waals surface area contributed by atoms with Crippen molar-refractivity contribution in [2.75, 3.05) is 26.2 Å². The Hall–Kier alpha value is -1.29. The van der Waals surface area contributed by atoms with E-state index in [0.29, 0.717) is 5.70 Å². The highest BCUT2D eigenvalue weighted by Gasteiger charge is 2.14. The zero-order chi connectivity index (χ0) is 10.6. The number of nitrogens with one attached hydrogen (secondary N) is 1. The number of hydrogen-bond donors (Lipinski definition) is 2. The SMILES string of the molecule is C=C(N)/C=C(/F)C(=C)N1CCNCC1. The molecule has 1 rings (SSSR count). The monoisotopic (exact) mass is 197 g/mol. The van der Waals surface area contributed by atoms with Crippen molar-refractivity contribution < 1.29 is 4.39 Å². The van der Waals surface area contributed by atoms with Crippen LogP contribution in [0.4, 0.5) is 4.39 Å². The number of hydrogen-bond acceptors (Lipinski definition) is 3. The van der Waals surface area contributed by atoms with Crippen molar-refractivity contribution >= 4 is 0 Å². The van der Waals surface area contributed by atoms with Gasteiger partial charge in [0.05, 0.1) is 5.70 Å². The molecule has 0 aromatic heterocycles. The molecule has 0 unspecified atom stereocenters. The van der Waals surface area contributed by atoms with Gasteiger partial charge in [-0.2, -0.15) is 0 Å². The highest BCUT2D eigenvalue weighted by molar-refractivity contribution is 5.27. The Kier molecular flexibility index (Phi) is 3.71. The van der Waals surface area contributed by atoms with E-state index in [1.165, 1.54) is 6.08 Å². The van der Waals surface area contributed by atoms with Crippen molar-refractivity contribution in [1.29, 1.82) is 0 Å². The number of halogens is 1. The molecule has 1 heterocycles. The lowest BCUT2D eigenvalue weighted by Gasteiger charge is -2.30. The molecule has 1 saturated heterocycles. The van der Waals surface area contributed by atoms with Crippen LogP contribution in [0.5, 0.6) is 0 Å². The predicted molar refractivity (Wildman–Crippen MR) is 56.1 cm³/mol. The lowest BCUT2D eigenvalue weighted by molar-refractivity contribution is 0.295. The van der Waals surface area contributed by atoms with Crippen LogP contribution >= 0.6 is 0 Å². The summed E-state index contributed by atoms with van der Waals surface area (Å²) in [5, 5.41) is 3.18. The van der Waals surface area contributed by atoms with Gasteiger partial charge in [0.15, 0.2) is 0 Å². The van der Waals surface area contributed by atoms with Gasteiger partial charge in [-0.3, -0.25) is 0 Å². The second-order valence-corrected chi connectivity index (χ2v) is 3.25. The van der Waals surface area contributed by atoms with E-state index in [4.69, 9.17) is 5.73 Å². The fraction of sp³-hybridized carbons (Fsp3) is 0.400. The maximum Gasteiger partial charge on any atom is 0.147 e. The molecule has 0 radical (unpaired) electrons. The van der Waals surface area contributed by atoms with Crippen molar-refractivity contribution in [3.8, 4) is 0 Å². The molecule has 0 spiro atoms. The number of nitrogens with two attached hydrogens (primary N) is 1. The first-order valence-corrected chi connectivity index (χ1v) is 4.58. The average molecular weight is 197 g/mol. The van der Waals surface area contributed by atoms with Crippen LogP contribution in [0.15, 0.2) is 36.5 Å². The molecule has 1 fully saturated rings. The van der Waals surface area contributed by atoms with Crippen molar-refractivity contribution in [2.24, 2.45) is 5.73 Å². The van der Waals surface area contributed by atoms with Crippen molar-refractivity contribution in [2.45, 2.75) is 0 Å². The molecule has 0 saturated carbocycles. The third-order valence-electron chi connectivity index (χ3n) is 2.09. The zero-order valence-corrected chi connectivity index (χ0v) is 8.22. The summed E-state index contributed by atoms with van der Waals surface area (Å²) in [5.74, 6) is -0.403. The Morgan fingerprint density at radius 1 is 1.36 bits per heavy atom. The minimum atomic E-state index is -0.403. The van der Waals surface area contributed by atoms with E-state index >= 15 is 0 Å². The van der Waals surface area contributed by atoms with Crippen LogP contribution in [0.3, 0.4) is 0 Å². The predicted octanol–water partition coefficient (Wildman–Crippen LogP) is 0.731. The molecule has 0 aliphatic carbocycles. The van der Waals surface area contributed by atoms with Crippen LogP contribution in [0, 0.1) is 0 Å². The summed E-state index contributed by atoms with van der Waals surface area (Å²) < 4.78 is 13.4. The van der Waals surface area contributed by atoms with Gasteiger partial charge in [-0.1, -0.05) is 13.2 Å². The van der Waals surface area contributed by atoms with Gasteiger partial charge in [0, 0.05) is 31.9 Å². The summed E-state index contributed by atoms with van der Waals surface area (Å²) in [7, 11) is 0. The van der Waals surface area contributed by atoms with Gasteiger partial charge in [0.2, 0.25) is 0 Å². The van der Waals surface area contributed by atoms with E-state index in [2.05, 4.69) is 18.5 Å². The molecule has 1 aliphatic heterocycles. The molecule has 0 aromatic rings. The summed E-state index contributed by atoms with van der Waals surface area (Å²) in [5.41, 5.74) is 5.87. The molecule has 0 atom stereocenters. The Morgan fingerprint density at radius 2 is 1.93 bits per heavy atom. The van der Waals surface area contributed by atoms with Gasteiger partial charge >= 0.3 is 0 Å². The third-order valence-corrected chi connectivity index (χ3v) is 2.09. The van der Waals surface area contributed by atoms with Crippen LogP contribution in [0.1, 0.15) is 0 Å². The molecule has 3 N–H and O–H groups in total. The van der Waals surface area contributed by atoms with E-state index in [-0.39, 0.29) is 5.70 Å². The highest BCUT2D eigenvalue weighted by atomic mass is 19.1. The van der Waals surface area contributed by atoms with Crippen LogP contribution in [-0.2, 0) is 0 Å². The molecule has 0 aromatic carbocycles. The zero-order valence-electron chi connectivity index (χ0n) is 8.22. The maximum absolute atomic E-state index is 13.4. The van der Waals surface area contributed by atoms with Crippen LogP contribution in [-0.4, -0.2) is 31.1 Å². The lowest BCUT2D eigenvalue weighted by Crippen LogP contribution is -2.42. The van der Waals surface area contributed by atoms with Gasteiger partial charge < -0.3 is 16.0 Å². The number of rotatable bonds is 3. The third kappa shape index (κ3) is 2.88. The Labute approximate surface area is 83.8 Å². The molecular formula is C10H16FN3. The topological polar surface area (TPSA) is 41.3 Å². The Morgan fingerprint density at radius 3 is 2.43 bits per heavy atom. The average Bonchev–Trinajstić information content (AvgIpc) is 2.17. The van der Waals surface area contributed by atoms with Crippen LogP contribution in [0.2, 0.25) is 0 Å². The summed E-state index contributed by atoms with van der Waals surface area (Å²) in [6.45, 7) is 10.4. The highest BCUT2D eigenvalue weighted by Crippen LogP contribution is 2.15. The van der Waals surface area contributed by atoms with Crippen molar-refractivity contribution in [1.82, 2.24) is 10.2 Å². The number of piperazine rings is 1. The molecule has 3 nitrogen and oxygen atoms in total. The van der Waals surface area contributed by atoms with Crippen molar-refractivity contribution in [3.63, 3.8) is 0 Å². The summed E-state index contributed by atoms with van der Waals surface area (Å²) in [4.78, 5) is 1.89. The van der Waals surface area contributed by atoms with Gasteiger partial charge in [-0.25, -0.2) is 4.39 Å². The van der Waals surface area contributed by atoms with Gasteiger partial charge in [-0.15, -0.1) is 0 Å². The first-order valence-electron chi connectivity index (χ1n) is 4.58. The largest absolute Gasteiger partial charge is 0.399 e. The number of allylic oxidation sites excluding steroid dienone is 2. The Bertz CT molecular complexity index is 265. The van der Waals surface area contributed by atoms with E-state index in [1.54, 1.807) is 0 Å². The minimum Gasteiger partial charge on any atom is -0.399 e. The number of nitrogens with zero attached hydrogens (tertiary/aromatic N) is 1.